The summed E-state index contributed by atoms with van der Waals surface area (Å²) in [7, 11) is 0. The van der Waals surface area contributed by atoms with E-state index >= 15 is 0 Å². The number of non-ortho nitro benzene ring substituents is 1. The number of nitrogens with zero attached hydrogens (tertiary/aromatic N) is 6. The number of nitro benzene ring substituents is 1. The highest BCUT2D eigenvalue weighted by atomic mass is 16.6. The van der Waals surface area contributed by atoms with Gasteiger partial charge in [0.15, 0.2) is 0 Å². The molecule has 27 heavy (non-hydrogen) atoms. The van der Waals surface area contributed by atoms with Gasteiger partial charge in [-0.2, -0.15) is 14.6 Å². The van der Waals surface area contributed by atoms with E-state index in [0.717, 1.165) is 16.9 Å². The van der Waals surface area contributed by atoms with Gasteiger partial charge in [0.25, 0.3) is 11.5 Å². The third kappa shape index (κ3) is 3.45. The van der Waals surface area contributed by atoms with Crippen LogP contribution in [-0.2, 0) is 0 Å². The van der Waals surface area contributed by atoms with Crippen molar-refractivity contribution in [2.24, 2.45) is 0 Å². The number of rotatable bonds is 6. The van der Waals surface area contributed by atoms with Crippen LogP contribution in [0.2, 0.25) is 0 Å². The molecule has 136 valence electrons. The number of nitrogens with one attached hydrogen (secondary N) is 2. The molecule has 0 saturated heterocycles. The maximum absolute atomic E-state index is 10.8. The molecule has 10 nitrogen and oxygen atoms in total. The van der Waals surface area contributed by atoms with E-state index in [9.17, 15) is 10.1 Å². The van der Waals surface area contributed by atoms with E-state index in [-0.39, 0.29) is 5.69 Å². The number of aryl methyl sites for hydroxylation is 1. The predicted molar refractivity (Wildman–Crippen MR) is 101 cm³/mol. The van der Waals surface area contributed by atoms with E-state index in [1.165, 1.54) is 18.5 Å². The number of nitro groups is 1. The van der Waals surface area contributed by atoms with Gasteiger partial charge in [-0.15, -0.1) is 0 Å². The van der Waals surface area contributed by atoms with Crippen molar-refractivity contribution in [2.45, 2.75) is 6.92 Å². The number of hydrogen-bond donors (Lipinski definition) is 2. The van der Waals surface area contributed by atoms with Crippen LogP contribution in [0.25, 0.3) is 16.7 Å². The summed E-state index contributed by atoms with van der Waals surface area (Å²) in [6.45, 7) is 3.17. The molecule has 0 aliphatic rings. The minimum atomic E-state index is -0.413. The Morgan fingerprint density at radius 2 is 1.96 bits per heavy atom. The maximum atomic E-state index is 10.8. The highest BCUT2D eigenvalue weighted by molar-refractivity contribution is 5.82. The fourth-order valence-electron chi connectivity index (χ4n) is 2.76. The molecule has 4 aromatic rings. The standard InChI is InChI=1S/C17H16N8O2/c1-11-8-16(24-17(22-11)20-10-21-24)19-7-6-18-15-5-2-12-9-13(25(26)27)3-4-14(12)23-15/h2-5,8-10,19H,6-7H2,1H3,(H,18,23). The van der Waals surface area contributed by atoms with Gasteiger partial charge in [-0.3, -0.25) is 10.1 Å². The first kappa shape index (κ1) is 16.6. The van der Waals surface area contributed by atoms with Crippen LogP contribution in [-0.4, -0.2) is 42.6 Å². The maximum Gasteiger partial charge on any atom is 0.270 e. The molecular weight excluding hydrogens is 348 g/mol. The van der Waals surface area contributed by atoms with Crippen LogP contribution in [0.3, 0.4) is 0 Å². The first-order valence-electron chi connectivity index (χ1n) is 8.30. The first-order chi connectivity index (χ1) is 13.1. The average Bonchev–Trinajstić information content (AvgIpc) is 3.13. The van der Waals surface area contributed by atoms with Crippen LogP contribution in [0.5, 0.6) is 0 Å². The second-order valence-corrected chi connectivity index (χ2v) is 5.94. The highest BCUT2D eigenvalue weighted by Gasteiger charge is 2.07. The Morgan fingerprint density at radius 3 is 2.81 bits per heavy atom. The van der Waals surface area contributed by atoms with Crippen LogP contribution < -0.4 is 10.6 Å². The quantitative estimate of drug-likeness (QED) is 0.304. The predicted octanol–water partition coefficient (Wildman–Crippen LogP) is 2.41. The number of pyridine rings is 1. The van der Waals surface area contributed by atoms with E-state index in [1.54, 1.807) is 16.6 Å². The van der Waals surface area contributed by atoms with Crippen molar-refractivity contribution in [3.63, 3.8) is 0 Å². The lowest BCUT2D eigenvalue weighted by molar-refractivity contribution is -0.384. The number of aromatic nitrogens is 5. The number of fused-ring (bicyclic) bond motifs is 2. The number of benzene rings is 1. The van der Waals surface area contributed by atoms with E-state index in [4.69, 9.17) is 0 Å². The molecule has 0 fully saturated rings. The molecular formula is C17H16N8O2. The third-order valence-corrected chi connectivity index (χ3v) is 4.00. The zero-order valence-corrected chi connectivity index (χ0v) is 14.5. The Labute approximate surface area is 153 Å². The van der Waals surface area contributed by atoms with E-state index in [2.05, 4.69) is 30.7 Å². The van der Waals surface area contributed by atoms with Gasteiger partial charge in [0.05, 0.1) is 10.4 Å². The lowest BCUT2D eigenvalue weighted by atomic mass is 10.2. The van der Waals surface area contributed by atoms with Crippen molar-refractivity contribution >= 4 is 34.0 Å². The Hall–Kier alpha value is -3.82. The van der Waals surface area contributed by atoms with Crippen molar-refractivity contribution in [3.8, 4) is 0 Å². The Kier molecular flexibility index (Phi) is 4.21. The van der Waals surface area contributed by atoms with Gasteiger partial charge in [-0.25, -0.2) is 9.97 Å². The van der Waals surface area contributed by atoms with Gasteiger partial charge in [0.1, 0.15) is 18.0 Å². The molecule has 10 heteroatoms. The topological polar surface area (TPSA) is 123 Å². The molecule has 0 atom stereocenters. The molecule has 4 rings (SSSR count). The molecule has 0 aliphatic heterocycles. The van der Waals surface area contributed by atoms with Crippen LogP contribution >= 0.6 is 0 Å². The number of anilines is 2. The summed E-state index contributed by atoms with van der Waals surface area (Å²) in [6.07, 6.45) is 1.47. The van der Waals surface area contributed by atoms with Gasteiger partial charge in [-0.05, 0) is 25.1 Å². The zero-order valence-electron chi connectivity index (χ0n) is 14.5. The molecule has 0 amide bonds. The molecule has 2 N–H and O–H groups in total. The Balaban J connectivity index is 1.40. The lowest BCUT2D eigenvalue weighted by Gasteiger charge is -2.10. The smallest absolute Gasteiger partial charge is 0.270 e. The van der Waals surface area contributed by atoms with Crippen molar-refractivity contribution < 1.29 is 4.92 Å². The molecule has 0 bridgehead atoms. The van der Waals surface area contributed by atoms with Crippen LogP contribution in [0.15, 0.2) is 42.7 Å². The first-order valence-corrected chi connectivity index (χ1v) is 8.30. The fraction of sp³-hybridized carbons (Fsp3) is 0.176. The second kappa shape index (κ2) is 6.83. The molecule has 3 aromatic heterocycles. The van der Waals surface area contributed by atoms with Gasteiger partial charge >= 0.3 is 0 Å². The second-order valence-electron chi connectivity index (χ2n) is 5.94. The molecule has 0 aliphatic carbocycles. The minimum absolute atomic E-state index is 0.0567. The van der Waals surface area contributed by atoms with Crippen LogP contribution in [0.1, 0.15) is 5.69 Å². The lowest BCUT2D eigenvalue weighted by Crippen LogP contribution is -2.16. The molecule has 0 radical (unpaired) electrons. The zero-order chi connectivity index (χ0) is 18.8. The Morgan fingerprint density at radius 1 is 1.11 bits per heavy atom. The van der Waals surface area contributed by atoms with E-state index in [0.29, 0.717) is 30.2 Å². The summed E-state index contributed by atoms with van der Waals surface area (Å²) in [5, 5.41) is 22.3. The van der Waals surface area contributed by atoms with Crippen LogP contribution in [0, 0.1) is 17.0 Å². The fourth-order valence-corrected chi connectivity index (χ4v) is 2.76. The molecule has 0 spiro atoms. The van der Waals surface area contributed by atoms with Crippen molar-refractivity contribution in [3.05, 3.63) is 58.5 Å². The van der Waals surface area contributed by atoms with Crippen molar-refractivity contribution in [1.82, 2.24) is 24.6 Å². The van der Waals surface area contributed by atoms with Gasteiger partial charge in [-0.1, -0.05) is 0 Å². The third-order valence-electron chi connectivity index (χ3n) is 4.00. The van der Waals surface area contributed by atoms with Crippen molar-refractivity contribution in [2.75, 3.05) is 23.7 Å². The average molecular weight is 364 g/mol. The molecule has 1 aromatic carbocycles. The minimum Gasteiger partial charge on any atom is -0.368 e. The summed E-state index contributed by atoms with van der Waals surface area (Å²) >= 11 is 0. The monoisotopic (exact) mass is 364 g/mol. The van der Waals surface area contributed by atoms with Gasteiger partial charge in [0, 0.05) is 42.4 Å². The molecule has 3 heterocycles. The summed E-state index contributed by atoms with van der Waals surface area (Å²) in [4.78, 5) is 23.3. The summed E-state index contributed by atoms with van der Waals surface area (Å²) in [6, 6.07) is 10.1. The molecule has 0 unspecified atom stereocenters. The number of hydrogen-bond acceptors (Lipinski definition) is 8. The molecule has 0 saturated carbocycles. The van der Waals surface area contributed by atoms with Gasteiger partial charge in [0.2, 0.25) is 0 Å². The largest absolute Gasteiger partial charge is 0.368 e. The summed E-state index contributed by atoms with van der Waals surface area (Å²) in [5.41, 5.74) is 1.62. The normalized spacial score (nSPS) is 11.0. The highest BCUT2D eigenvalue weighted by Crippen LogP contribution is 2.21. The van der Waals surface area contributed by atoms with Gasteiger partial charge < -0.3 is 10.6 Å². The van der Waals surface area contributed by atoms with Crippen LogP contribution in [0.4, 0.5) is 17.3 Å². The summed E-state index contributed by atoms with van der Waals surface area (Å²) in [5.74, 6) is 2.07. The van der Waals surface area contributed by atoms with E-state index < -0.39 is 4.92 Å². The van der Waals surface area contributed by atoms with Crippen molar-refractivity contribution in [1.29, 1.82) is 0 Å². The SMILES string of the molecule is Cc1cc(NCCNc2ccc3cc([N+](=O)[O-])ccc3n2)n2ncnc2n1. The van der Waals surface area contributed by atoms with E-state index in [1.807, 2.05) is 19.1 Å². The summed E-state index contributed by atoms with van der Waals surface area (Å²) < 4.78 is 1.65. The Bertz CT molecular complexity index is 1140.